The van der Waals surface area contributed by atoms with Gasteiger partial charge in [-0.25, -0.2) is 0 Å². The molecule has 2 nitrogen and oxygen atoms in total. The van der Waals surface area contributed by atoms with E-state index in [0.717, 1.165) is 35.7 Å². The lowest BCUT2D eigenvalue weighted by Gasteiger charge is -2.31. The quantitative estimate of drug-likeness (QED) is 0.930. The second kappa shape index (κ2) is 5.32. The molecular formula is C14H18BrNO. The van der Waals surface area contributed by atoms with Gasteiger partial charge in [-0.05, 0) is 30.5 Å². The first-order valence-corrected chi connectivity index (χ1v) is 6.96. The van der Waals surface area contributed by atoms with E-state index >= 15 is 0 Å². The summed E-state index contributed by atoms with van der Waals surface area (Å²) in [6.45, 7) is 0. The van der Waals surface area contributed by atoms with E-state index in [9.17, 15) is 4.79 Å². The Hall–Kier alpha value is -0.670. The van der Waals surface area contributed by atoms with Gasteiger partial charge in [-0.3, -0.25) is 4.79 Å². The van der Waals surface area contributed by atoms with Crippen molar-refractivity contribution in [3.05, 3.63) is 34.3 Å². The fourth-order valence-electron chi connectivity index (χ4n) is 2.47. The number of rotatable bonds is 3. The number of hydrogen-bond acceptors (Lipinski definition) is 2. The van der Waals surface area contributed by atoms with Crippen LogP contribution in [-0.2, 0) is 11.2 Å². The Balaban J connectivity index is 2.05. The van der Waals surface area contributed by atoms with Gasteiger partial charge in [0.15, 0.2) is 5.78 Å². The molecule has 1 saturated carbocycles. The maximum atomic E-state index is 12.3. The molecule has 92 valence electrons. The second-order valence-corrected chi connectivity index (χ2v) is 5.86. The Kier molecular flexibility index (Phi) is 4.00. The third-order valence-corrected chi connectivity index (χ3v) is 4.05. The maximum absolute atomic E-state index is 12.3. The van der Waals surface area contributed by atoms with E-state index in [4.69, 9.17) is 5.73 Å². The molecule has 2 rings (SSSR count). The molecular weight excluding hydrogens is 278 g/mol. The summed E-state index contributed by atoms with van der Waals surface area (Å²) >= 11 is 3.42. The number of benzene rings is 1. The van der Waals surface area contributed by atoms with Crippen LogP contribution in [-0.4, -0.2) is 11.3 Å². The van der Waals surface area contributed by atoms with Crippen LogP contribution >= 0.6 is 15.9 Å². The third kappa shape index (κ3) is 3.17. The summed E-state index contributed by atoms with van der Waals surface area (Å²) in [5.41, 5.74) is 6.70. The number of carbonyl (C=O) groups is 1. The summed E-state index contributed by atoms with van der Waals surface area (Å²) in [6.07, 6.45) is 5.53. The topological polar surface area (TPSA) is 43.1 Å². The zero-order chi connectivity index (χ0) is 12.3. The first kappa shape index (κ1) is 12.8. The fourth-order valence-corrected chi connectivity index (χ4v) is 2.92. The summed E-state index contributed by atoms with van der Waals surface area (Å²) in [5, 5.41) is 0. The molecule has 17 heavy (non-hydrogen) atoms. The van der Waals surface area contributed by atoms with Crippen LogP contribution in [0.4, 0.5) is 0 Å². The van der Waals surface area contributed by atoms with Gasteiger partial charge in [0, 0.05) is 10.9 Å². The van der Waals surface area contributed by atoms with Gasteiger partial charge in [0.25, 0.3) is 0 Å². The van der Waals surface area contributed by atoms with Crippen molar-refractivity contribution in [3.63, 3.8) is 0 Å². The van der Waals surface area contributed by atoms with Gasteiger partial charge >= 0.3 is 0 Å². The number of hydrogen-bond donors (Lipinski definition) is 1. The lowest BCUT2D eigenvalue weighted by molar-refractivity contribution is -0.124. The van der Waals surface area contributed by atoms with Gasteiger partial charge in [-0.15, -0.1) is 0 Å². The molecule has 1 aromatic rings. The van der Waals surface area contributed by atoms with Crippen LogP contribution in [0, 0.1) is 0 Å². The minimum absolute atomic E-state index is 0.190. The molecule has 2 N–H and O–H groups in total. The first-order chi connectivity index (χ1) is 8.10. The van der Waals surface area contributed by atoms with Gasteiger partial charge < -0.3 is 5.73 Å². The van der Waals surface area contributed by atoms with Gasteiger partial charge in [-0.1, -0.05) is 47.3 Å². The van der Waals surface area contributed by atoms with Crippen LogP contribution in [0.2, 0.25) is 0 Å². The largest absolute Gasteiger partial charge is 0.319 e. The van der Waals surface area contributed by atoms with Crippen LogP contribution in [0.3, 0.4) is 0 Å². The predicted octanol–water partition coefficient (Wildman–Crippen LogP) is 3.22. The van der Waals surface area contributed by atoms with Crippen molar-refractivity contribution in [1.82, 2.24) is 0 Å². The van der Waals surface area contributed by atoms with E-state index in [1.54, 1.807) is 0 Å². The number of ketones is 1. The third-order valence-electron chi connectivity index (χ3n) is 3.55. The monoisotopic (exact) mass is 295 g/mol. The van der Waals surface area contributed by atoms with Crippen LogP contribution < -0.4 is 5.73 Å². The Morgan fingerprint density at radius 2 is 2.00 bits per heavy atom. The zero-order valence-electron chi connectivity index (χ0n) is 9.92. The average molecular weight is 296 g/mol. The standard InChI is InChI=1S/C14H18BrNO/c15-12-6-4-5-11(9-12)10-13(17)14(16)7-2-1-3-8-14/h4-6,9H,1-3,7-8,10,16H2. The van der Waals surface area contributed by atoms with Crippen LogP contribution in [0.1, 0.15) is 37.7 Å². The number of halogens is 1. The van der Waals surface area contributed by atoms with Gasteiger partial charge in [-0.2, -0.15) is 0 Å². The van der Waals surface area contributed by atoms with E-state index < -0.39 is 5.54 Å². The molecule has 1 aliphatic rings. The smallest absolute Gasteiger partial charge is 0.156 e. The summed E-state index contributed by atoms with van der Waals surface area (Å²) in [4.78, 5) is 12.3. The Morgan fingerprint density at radius 3 is 2.65 bits per heavy atom. The molecule has 0 bridgehead atoms. The lowest BCUT2D eigenvalue weighted by Crippen LogP contribution is -2.50. The van der Waals surface area contributed by atoms with Crippen LogP contribution in [0.15, 0.2) is 28.7 Å². The number of carbonyl (C=O) groups excluding carboxylic acids is 1. The molecule has 1 aromatic carbocycles. The van der Waals surface area contributed by atoms with Gasteiger partial charge in [0.1, 0.15) is 0 Å². The Labute approximate surface area is 111 Å². The summed E-state index contributed by atoms with van der Waals surface area (Å²) in [7, 11) is 0. The molecule has 0 heterocycles. The molecule has 0 amide bonds. The Morgan fingerprint density at radius 1 is 1.29 bits per heavy atom. The van der Waals surface area contributed by atoms with Crippen molar-refractivity contribution >= 4 is 21.7 Å². The molecule has 0 aromatic heterocycles. The van der Waals surface area contributed by atoms with Crippen LogP contribution in [0.25, 0.3) is 0 Å². The zero-order valence-corrected chi connectivity index (χ0v) is 11.5. The highest BCUT2D eigenvalue weighted by Gasteiger charge is 2.34. The van der Waals surface area contributed by atoms with E-state index in [2.05, 4.69) is 15.9 Å². The normalized spacial score (nSPS) is 18.9. The first-order valence-electron chi connectivity index (χ1n) is 6.17. The highest BCUT2D eigenvalue weighted by atomic mass is 79.9. The Bertz CT molecular complexity index is 410. The summed E-state index contributed by atoms with van der Waals surface area (Å²) < 4.78 is 1.01. The van der Waals surface area contributed by atoms with Crippen LogP contribution in [0.5, 0.6) is 0 Å². The van der Waals surface area contributed by atoms with Gasteiger partial charge in [0.2, 0.25) is 0 Å². The lowest BCUT2D eigenvalue weighted by atomic mass is 9.78. The van der Waals surface area contributed by atoms with Crippen molar-refractivity contribution in [3.8, 4) is 0 Å². The van der Waals surface area contributed by atoms with Crippen molar-refractivity contribution in [2.45, 2.75) is 44.1 Å². The minimum Gasteiger partial charge on any atom is -0.319 e. The summed E-state index contributed by atoms with van der Waals surface area (Å²) in [6, 6.07) is 7.89. The molecule has 3 heteroatoms. The predicted molar refractivity (Wildman–Crippen MR) is 72.9 cm³/mol. The fraction of sp³-hybridized carbons (Fsp3) is 0.500. The molecule has 0 spiro atoms. The highest BCUT2D eigenvalue weighted by molar-refractivity contribution is 9.10. The van der Waals surface area contributed by atoms with E-state index in [0.29, 0.717) is 6.42 Å². The minimum atomic E-state index is -0.569. The van der Waals surface area contributed by atoms with E-state index in [1.165, 1.54) is 6.42 Å². The molecule has 0 atom stereocenters. The van der Waals surface area contributed by atoms with Crippen molar-refractivity contribution < 1.29 is 4.79 Å². The van der Waals surface area contributed by atoms with Gasteiger partial charge in [0.05, 0.1) is 5.54 Å². The highest BCUT2D eigenvalue weighted by Crippen LogP contribution is 2.28. The van der Waals surface area contributed by atoms with Crippen molar-refractivity contribution in [1.29, 1.82) is 0 Å². The van der Waals surface area contributed by atoms with E-state index in [1.807, 2.05) is 24.3 Å². The SMILES string of the molecule is NC1(C(=O)Cc2cccc(Br)c2)CCCCC1. The molecule has 1 fully saturated rings. The number of Topliss-reactive ketones (excluding diaryl/α,β-unsaturated/α-hetero) is 1. The second-order valence-electron chi connectivity index (χ2n) is 4.95. The number of nitrogens with two attached hydrogens (primary N) is 1. The molecule has 0 saturated heterocycles. The molecule has 1 aliphatic carbocycles. The van der Waals surface area contributed by atoms with E-state index in [-0.39, 0.29) is 5.78 Å². The average Bonchev–Trinajstić information content (AvgIpc) is 2.30. The van der Waals surface area contributed by atoms with Crippen molar-refractivity contribution in [2.75, 3.05) is 0 Å². The molecule has 0 unspecified atom stereocenters. The molecule has 0 radical (unpaired) electrons. The van der Waals surface area contributed by atoms with Crippen molar-refractivity contribution in [2.24, 2.45) is 5.73 Å². The maximum Gasteiger partial charge on any atom is 0.156 e. The summed E-state index contributed by atoms with van der Waals surface area (Å²) in [5.74, 6) is 0.190. The molecule has 0 aliphatic heterocycles.